The molecule has 3 aromatic rings. The lowest BCUT2D eigenvalue weighted by Crippen LogP contribution is -2.34. The predicted octanol–water partition coefficient (Wildman–Crippen LogP) is 3.98. The monoisotopic (exact) mass is 515 g/mol. The van der Waals surface area contributed by atoms with Crippen LogP contribution in [0.2, 0.25) is 0 Å². The van der Waals surface area contributed by atoms with Crippen molar-refractivity contribution in [2.45, 2.75) is 27.3 Å². The van der Waals surface area contributed by atoms with Crippen molar-refractivity contribution < 1.29 is 14.3 Å². The van der Waals surface area contributed by atoms with Gasteiger partial charge in [0, 0.05) is 16.0 Å². The second-order valence-corrected chi connectivity index (χ2v) is 10.2. The number of hydrogen-bond donors (Lipinski definition) is 0. The average molecular weight is 516 g/mol. The smallest absolute Gasteiger partial charge is 0.269 e. The van der Waals surface area contributed by atoms with E-state index in [-0.39, 0.29) is 11.3 Å². The summed E-state index contributed by atoms with van der Waals surface area (Å²) in [5, 5.41) is 0. The van der Waals surface area contributed by atoms with Crippen molar-refractivity contribution in [1.82, 2.24) is 4.57 Å². The van der Waals surface area contributed by atoms with Crippen molar-refractivity contribution in [2.24, 2.45) is 5.41 Å². The highest BCUT2D eigenvalue weighted by molar-refractivity contribution is 9.10. The molecule has 0 amide bonds. The number of nitrogens with zero attached hydrogens (tertiary/aromatic N) is 1. The quantitative estimate of drug-likeness (QED) is 0.477. The summed E-state index contributed by atoms with van der Waals surface area (Å²) in [7, 11) is 1.61. The maximum atomic E-state index is 13.2. The summed E-state index contributed by atoms with van der Waals surface area (Å²) in [6.07, 6.45) is 3.40. The van der Waals surface area contributed by atoms with E-state index in [1.54, 1.807) is 17.8 Å². The van der Waals surface area contributed by atoms with E-state index in [0.29, 0.717) is 28.1 Å². The number of ether oxygens (including phenoxy) is 2. The van der Waals surface area contributed by atoms with Crippen LogP contribution in [0.1, 0.15) is 26.3 Å². The van der Waals surface area contributed by atoms with Gasteiger partial charge in [0.15, 0.2) is 5.78 Å². The van der Waals surface area contributed by atoms with Crippen molar-refractivity contribution in [3.8, 4) is 11.5 Å². The zero-order valence-corrected chi connectivity index (χ0v) is 21.0. The number of hydrogen-bond acceptors (Lipinski definition) is 5. The number of aromatic nitrogens is 1. The number of benzene rings is 2. The van der Waals surface area contributed by atoms with Gasteiger partial charge in [-0.05, 0) is 42.0 Å². The number of halogens is 1. The Kier molecular flexibility index (Phi) is 7.74. The minimum atomic E-state index is -0.530. The molecule has 168 valence electrons. The lowest BCUT2D eigenvalue weighted by molar-refractivity contribution is -0.120. The molecule has 0 saturated heterocycles. The zero-order valence-electron chi connectivity index (χ0n) is 18.6. The van der Waals surface area contributed by atoms with E-state index in [1.807, 2.05) is 75.4 Å². The minimum absolute atomic E-state index is 0.0311. The minimum Gasteiger partial charge on any atom is -0.497 e. The molecule has 3 rings (SSSR count). The molecule has 0 bridgehead atoms. The van der Waals surface area contributed by atoms with Crippen LogP contribution in [0.4, 0.5) is 0 Å². The van der Waals surface area contributed by atoms with Gasteiger partial charge in [0.25, 0.3) is 5.56 Å². The molecule has 1 aromatic heterocycles. The molecule has 0 spiro atoms. The first-order valence-electron chi connectivity index (χ1n) is 10.2. The van der Waals surface area contributed by atoms with Crippen molar-refractivity contribution >= 4 is 45.2 Å². The number of rotatable bonds is 7. The highest BCUT2D eigenvalue weighted by Gasteiger charge is 2.19. The number of methoxy groups -OCH3 is 1. The summed E-state index contributed by atoms with van der Waals surface area (Å²) >= 11 is 4.73. The summed E-state index contributed by atoms with van der Waals surface area (Å²) < 4.78 is 14.7. The Morgan fingerprint density at radius 2 is 1.84 bits per heavy atom. The van der Waals surface area contributed by atoms with Gasteiger partial charge < -0.3 is 9.47 Å². The Balaban J connectivity index is 1.97. The van der Waals surface area contributed by atoms with E-state index >= 15 is 0 Å². The third kappa shape index (κ3) is 6.20. The molecule has 7 heteroatoms. The topological polar surface area (TPSA) is 57.5 Å². The van der Waals surface area contributed by atoms with E-state index in [0.717, 1.165) is 15.8 Å². The highest BCUT2D eigenvalue weighted by Crippen LogP contribution is 2.18. The predicted molar refractivity (Wildman–Crippen MR) is 133 cm³/mol. The van der Waals surface area contributed by atoms with Crippen LogP contribution in [0.5, 0.6) is 11.5 Å². The molecular weight excluding hydrogens is 490 g/mol. The van der Waals surface area contributed by atoms with Gasteiger partial charge >= 0.3 is 0 Å². The Labute approximate surface area is 199 Å². The molecule has 0 saturated carbocycles. The van der Waals surface area contributed by atoms with Gasteiger partial charge in [-0.2, -0.15) is 0 Å². The van der Waals surface area contributed by atoms with Crippen LogP contribution in [0.15, 0.2) is 57.8 Å². The van der Waals surface area contributed by atoms with Crippen molar-refractivity contribution in [3.05, 3.63) is 78.1 Å². The zero-order chi connectivity index (χ0) is 23.3. The summed E-state index contributed by atoms with van der Waals surface area (Å²) in [5.74, 6) is 1.43. The molecule has 0 atom stereocenters. The van der Waals surface area contributed by atoms with Crippen LogP contribution in [0, 0.1) is 5.41 Å². The standard InChI is InChI=1S/C25H26BrNO4S/c1-25(2,3)22(28)16-23-27(12-13-31-20-7-5-6-18(26)15-20)24(29)21(32-23)14-17-8-10-19(30-4)11-9-17/h5-11,14-16H,12-13H2,1-4H3/b21-14-,23-16-. The lowest BCUT2D eigenvalue weighted by atomic mass is 9.91. The van der Waals surface area contributed by atoms with Crippen molar-refractivity contribution in [3.63, 3.8) is 0 Å². The van der Waals surface area contributed by atoms with Crippen LogP contribution >= 0.6 is 27.3 Å². The van der Waals surface area contributed by atoms with Gasteiger partial charge in [0.05, 0.1) is 18.2 Å². The van der Waals surface area contributed by atoms with Gasteiger partial charge in [0.1, 0.15) is 22.8 Å². The van der Waals surface area contributed by atoms with Gasteiger partial charge in [0.2, 0.25) is 0 Å². The number of carbonyl (C=O) groups excluding carboxylic acids is 1. The van der Waals surface area contributed by atoms with E-state index in [4.69, 9.17) is 9.47 Å². The highest BCUT2D eigenvalue weighted by atomic mass is 79.9. The Morgan fingerprint density at radius 3 is 2.47 bits per heavy atom. The second-order valence-electron chi connectivity index (χ2n) is 8.24. The molecule has 0 unspecified atom stereocenters. The van der Waals surface area contributed by atoms with Gasteiger partial charge in [-0.3, -0.25) is 14.2 Å². The number of thiazole rings is 1. The van der Waals surface area contributed by atoms with E-state index < -0.39 is 5.41 Å². The SMILES string of the molecule is COc1ccc(/C=c2\s/c(=C\C(=O)C(C)(C)C)n(CCOc3cccc(Br)c3)c2=O)cc1. The molecule has 0 N–H and O–H groups in total. The summed E-state index contributed by atoms with van der Waals surface area (Å²) in [5.41, 5.74) is 0.212. The fourth-order valence-electron chi connectivity index (χ4n) is 2.85. The van der Waals surface area contributed by atoms with Crippen LogP contribution in [0.25, 0.3) is 12.2 Å². The Hall–Kier alpha value is -2.64. The molecule has 0 radical (unpaired) electrons. The van der Waals surface area contributed by atoms with Crippen LogP contribution in [0.3, 0.4) is 0 Å². The fourth-order valence-corrected chi connectivity index (χ4v) is 4.29. The maximum Gasteiger partial charge on any atom is 0.269 e. The molecule has 0 aliphatic carbocycles. The van der Waals surface area contributed by atoms with Gasteiger partial charge in [-0.1, -0.05) is 54.9 Å². The molecule has 0 aliphatic heterocycles. The van der Waals surface area contributed by atoms with Crippen LogP contribution < -0.4 is 24.2 Å². The molecule has 2 aromatic carbocycles. The van der Waals surface area contributed by atoms with Crippen molar-refractivity contribution in [2.75, 3.05) is 13.7 Å². The van der Waals surface area contributed by atoms with Crippen LogP contribution in [-0.2, 0) is 11.3 Å². The molecular formula is C25H26BrNO4S. The molecule has 32 heavy (non-hydrogen) atoms. The lowest BCUT2D eigenvalue weighted by Gasteiger charge is -2.13. The normalized spacial score (nSPS) is 12.8. The third-order valence-electron chi connectivity index (χ3n) is 4.72. The van der Waals surface area contributed by atoms with E-state index in [1.165, 1.54) is 11.3 Å². The number of ketones is 1. The first-order valence-corrected chi connectivity index (χ1v) is 11.8. The molecule has 0 aliphatic rings. The first-order chi connectivity index (χ1) is 15.2. The third-order valence-corrected chi connectivity index (χ3v) is 6.28. The van der Waals surface area contributed by atoms with Gasteiger partial charge in [-0.15, -0.1) is 11.3 Å². The summed E-state index contributed by atoms with van der Waals surface area (Å²) in [6.45, 7) is 6.23. The summed E-state index contributed by atoms with van der Waals surface area (Å²) in [6, 6.07) is 15.0. The molecule has 5 nitrogen and oxygen atoms in total. The largest absolute Gasteiger partial charge is 0.497 e. The summed E-state index contributed by atoms with van der Waals surface area (Å²) in [4.78, 5) is 25.8. The molecule has 1 heterocycles. The fraction of sp³-hybridized carbons (Fsp3) is 0.280. The maximum absolute atomic E-state index is 13.2. The Bertz CT molecular complexity index is 1270. The van der Waals surface area contributed by atoms with Crippen LogP contribution in [-0.4, -0.2) is 24.1 Å². The Morgan fingerprint density at radius 1 is 1.12 bits per heavy atom. The number of carbonyl (C=O) groups is 1. The number of Topliss-reactive ketones (excluding diaryl/α,β-unsaturated/α-hetero) is 1. The van der Waals surface area contributed by atoms with Gasteiger partial charge in [-0.25, -0.2) is 0 Å². The average Bonchev–Trinajstić information content (AvgIpc) is 3.02. The van der Waals surface area contributed by atoms with E-state index in [2.05, 4.69) is 15.9 Å². The second kappa shape index (κ2) is 10.3. The first kappa shape index (κ1) is 24.0. The van der Waals surface area contributed by atoms with E-state index in [9.17, 15) is 9.59 Å². The van der Waals surface area contributed by atoms with Crippen molar-refractivity contribution in [1.29, 1.82) is 0 Å². The molecule has 0 fully saturated rings.